The number of para-hydroxylation sites is 1. The van der Waals surface area contributed by atoms with Crippen LogP contribution < -0.4 is 16.2 Å². The van der Waals surface area contributed by atoms with E-state index in [0.29, 0.717) is 11.4 Å². The molecule has 0 atom stereocenters. The largest absolute Gasteiger partial charge is 0.454 e. The second-order valence-electron chi connectivity index (χ2n) is 4.07. The summed E-state index contributed by atoms with van der Waals surface area (Å²) in [6, 6.07) is 9.26. The number of primary amides is 1. The van der Waals surface area contributed by atoms with E-state index in [9.17, 15) is 9.18 Å². The number of nitrogens with two attached hydrogens (primary N) is 2. The van der Waals surface area contributed by atoms with Crippen LogP contribution >= 0.6 is 0 Å². The summed E-state index contributed by atoms with van der Waals surface area (Å²) in [5, 5.41) is 0. The molecule has 4 nitrogen and oxygen atoms in total. The second-order valence-corrected chi connectivity index (χ2v) is 4.07. The average molecular weight is 260 g/mol. The Labute approximate surface area is 109 Å². The van der Waals surface area contributed by atoms with Crippen LogP contribution in [0.3, 0.4) is 0 Å². The van der Waals surface area contributed by atoms with Crippen LogP contribution in [-0.4, -0.2) is 5.91 Å². The van der Waals surface area contributed by atoms with Crippen LogP contribution in [0, 0.1) is 12.7 Å². The number of rotatable bonds is 3. The maximum Gasteiger partial charge on any atom is 0.255 e. The third-order valence-corrected chi connectivity index (χ3v) is 2.73. The Kier molecular flexibility index (Phi) is 3.37. The molecule has 19 heavy (non-hydrogen) atoms. The minimum atomic E-state index is -0.890. The average Bonchev–Trinajstić information content (AvgIpc) is 2.34. The van der Waals surface area contributed by atoms with Crippen molar-refractivity contribution in [3.8, 4) is 11.5 Å². The maximum absolute atomic E-state index is 13.6. The molecule has 4 N–H and O–H groups in total. The Bertz CT molecular complexity index is 641. The first-order valence-electron chi connectivity index (χ1n) is 5.62. The van der Waals surface area contributed by atoms with Crippen LogP contribution in [-0.2, 0) is 0 Å². The smallest absolute Gasteiger partial charge is 0.255 e. The summed E-state index contributed by atoms with van der Waals surface area (Å²) < 4.78 is 19.1. The van der Waals surface area contributed by atoms with Crippen molar-refractivity contribution in [3.63, 3.8) is 0 Å². The highest BCUT2D eigenvalue weighted by atomic mass is 19.1. The molecule has 0 aliphatic rings. The van der Waals surface area contributed by atoms with Gasteiger partial charge in [0.15, 0.2) is 5.75 Å². The molecule has 0 bridgehead atoms. The van der Waals surface area contributed by atoms with Crippen LogP contribution in [0.5, 0.6) is 11.5 Å². The van der Waals surface area contributed by atoms with Gasteiger partial charge >= 0.3 is 0 Å². The predicted molar refractivity (Wildman–Crippen MR) is 70.6 cm³/mol. The quantitative estimate of drug-likeness (QED) is 0.832. The van der Waals surface area contributed by atoms with Crippen molar-refractivity contribution >= 4 is 11.6 Å². The van der Waals surface area contributed by atoms with E-state index in [1.165, 1.54) is 12.1 Å². The highest BCUT2D eigenvalue weighted by Crippen LogP contribution is 2.32. The zero-order valence-corrected chi connectivity index (χ0v) is 10.3. The van der Waals surface area contributed by atoms with Crippen LogP contribution in [0.4, 0.5) is 10.1 Å². The van der Waals surface area contributed by atoms with Gasteiger partial charge in [-0.15, -0.1) is 0 Å². The van der Waals surface area contributed by atoms with Gasteiger partial charge in [0, 0.05) is 0 Å². The molecular formula is C14H13FN2O2. The molecule has 2 aromatic rings. The SMILES string of the molecule is Cc1cccc(Oc2cccc(F)c2C(N)=O)c1N. The molecule has 1 amide bonds. The first-order chi connectivity index (χ1) is 9.00. The molecule has 0 aromatic heterocycles. The van der Waals surface area contributed by atoms with Crippen molar-refractivity contribution in [2.45, 2.75) is 6.92 Å². The molecule has 0 heterocycles. The summed E-state index contributed by atoms with van der Waals surface area (Å²) in [5.41, 5.74) is 12.0. The molecule has 0 aliphatic carbocycles. The molecule has 0 unspecified atom stereocenters. The van der Waals surface area contributed by atoms with Crippen molar-refractivity contribution < 1.29 is 13.9 Å². The number of anilines is 1. The van der Waals surface area contributed by atoms with Crippen LogP contribution in [0.2, 0.25) is 0 Å². The molecular weight excluding hydrogens is 247 g/mol. The molecule has 2 rings (SSSR count). The van der Waals surface area contributed by atoms with Gasteiger partial charge in [-0.05, 0) is 30.7 Å². The van der Waals surface area contributed by atoms with E-state index >= 15 is 0 Å². The Balaban J connectivity index is 2.47. The fourth-order valence-electron chi connectivity index (χ4n) is 1.69. The van der Waals surface area contributed by atoms with Gasteiger partial charge in [-0.25, -0.2) is 4.39 Å². The number of halogens is 1. The van der Waals surface area contributed by atoms with Gasteiger partial charge in [0.2, 0.25) is 0 Å². The lowest BCUT2D eigenvalue weighted by atomic mass is 10.1. The lowest BCUT2D eigenvalue weighted by Crippen LogP contribution is -2.14. The van der Waals surface area contributed by atoms with Gasteiger partial charge < -0.3 is 16.2 Å². The minimum absolute atomic E-state index is 0.0461. The molecule has 0 saturated heterocycles. The summed E-state index contributed by atoms with van der Waals surface area (Å²) >= 11 is 0. The van der Waals surface area contributed by atoms with E-state index in [4.69, 9.17) is 16.2 Å². The molecule has 0 aliphatic heterocycles. The van der Waals surface area contributed by atoms with Crippen molar-refractivity contribution in [3.05, 3.63) is 53.3 Å². The molecule has 0 spiro atoms. The summed E-state index contributed by atoms with van der Waals surface area (Å²) in [6.45, 7) is 1.82. The first kappa shape index (κ1) is 12.9. The Morgan fingerprint density at radius 2 is 1.79 bits per heavy atom. The Morgan fingerprint density at radius 3 is 2.47 bits per heavy atom. The van der Waals surface area contributed by atoms with Gasteiger partial charge in [-0.2, -0.15) is 0 Å². The number of nitrogen functional groups attached to an aromatic ring is 1. The van der Waals surface area contributed by atoms with E-state index in [1.807, 2.05) is 13.0 Å². The number of carbonyl (C=O) groups excluding carboxylic acids is 1. The number of hydrogen-bond donors (Lipinski definition) is 2. The van der Waals surface area contributed by atoms with E-state index in [2.05, 4.69) is 0 Å². The maximum atomic E-state index is 13.6. The van der Waals surface area contributed by atoms with Gasteiger partial charge in [-0.3, -0.25) is 4.79 Å². The lowest BCUT2D eigenvalue weighted by molar-refractivity contribution is 0.0994. The van der Waals surface area contributed by atoms with Crippen LogP contribution in [0.15, 0.2) is 36.4 Å². The van der Waals surface area contributed by atoms with Gasteiger partial charge in [0.1, 0.15) is 17.1 Å². The molecule has 0 fully saturated rings. The normalized spacial score (nSPS) is 10.2. The topological polar surface area (TPSA) is 78.3 Å². The zero-order valence-electron chi connectivity index (χ0n) is 10.3. The van der Waals surface area contributed by atoms with E-state index < -0.39 is 11.7 Å². The van der Waals surface area contributed by atoms with Crippen molar-refractivity contribution in [1.82, 2.24) is 0 Å². The first-order valence-corrected chi connectivity index (χ1v) is 5.62. The second kappa shape index (κ2) is 4.97. The number of benzene rings is 2. The van der Waals surface area contributed by atoms with Crippen LogP contribution in [0.25, 0.3) is 0 Å². The monoisotopic (exact) mass is 260 g/mol. The predicted octanol–water partition coefficient (Wildman–Crippen LogP) is 2.61. The number of ether oxygens (including phenoxy) is 1. The Morgan fingerprint density at radius 1 is 1.16 bits per heavy atom. The summed E-state index contributed by atoms with van der Waals surface area (Å²) in [7, 11) is 0. The van der Waals surface area contributed by atoms with Gasteiger partial charge in [0.25, 0.3) is 5.91 Å². The zero-order chi connectivity index (χ0) is 14.0. The lowest BCUT2D eigenvalue weighted by Gasteiger charge is -2.12. The third-order valence-electron chi connectivity index (χ3n) is 2.73. The van der Waals surface area contributed by atoms with Crippen molar-refractivity contribution in [2.75, 3.05) is 5.73 Å². The third kappa shape index (κ3) is 2.49. The van der Waals surface area contributed by atoms with E-state index in [0.717, 1.165) is 11.6 Å². The fraction of sp³-hybridized carbons (Fsp3) is 0.0714. The van der Waals surface area contributed by atoms with Crippen LogP contribution in [0.1, 0.15) is 15.9 Å². The molecule has 2 aromatic carbocycles. The molecule has 0 saturated carbocycles. The summed E-state index contributed by atoms with van der Waals surface area (Å²) in [5.74, 6) is -1.21. The fourth-order valence-corrected chi connectivity index (χ4v) is 1.69. The van der Waals surface area contributed by atoms with E-state index in [-0.39, 0.29) is 11.3 Å². The standard InChI is InChI=1S/C14H13FN2O2/c1-8-4-2-7-11(13(8)16)19-10-6-3-5-9(15)12(10)14(17)18/h2-7H,16H2,1H3,(H2,17,18). The highest BCUT2D eigenvalue weighted by Gasteiger charge is 2.16. The Hall–Kier alpha value is -2.56. The number of hydrogen-bond acceptors (Lipinski definition) is 3. The molecule has 0 radical (unpaired) electrons. The van der Waals surface area contributed by atoms with Gasteiger partial charge in [0.05, 0.1) is 5.69 Å². The summed E-state index contributed by atoms with van der Waals surface area (Å²) in [6.07, 6.45) is 0. The van der Waals surface area contributed by atoms with Gasteiger partial charge in [-0.1, -0.05) is 18.2 Å². The number of aryl methyl sites for hydroxylation is 1. The van der Waals surface area contributed by atoms with Crippen molar-refractivity contribution in [1.29, 1.82) is 0 Å². The van der Waals surface area contributed by atoms with Crippen molar-refractivity contribution in [2.24, 2.45) is 5.73 Å². The summed E-state index contributed by atoms with van der Waals surface area (Å²) in [4.78, 5) is 11.3. The van der Waals surface area contributed by atoms with E-state index in [1.54, 1.807) is 12.1 Å². The highest BCUT2D eigenvalue weighted by molar-refractivity contribution is 5.96. The number of amides is 1. The number of carbonyl (C=O) groups is 1. The minimum Gasteiger partial charge on any atom is -0.454 e. The molecule has 98 valence electrons. The molecule has 5 heteroatoms.